The van der Waals surface area contributed by atoms with Gasteiger partial charge in [-0.3, -0.25) is 9.89 Å². The highest BCUT2D eigenvalue weighted by Crippen LogP contribution is 2.21. The molecule has 1 amide bonds. The number of carbonyl (C=O) groups excluding carboxylic acids is 1. The zero-order valence-corrected chi connectivity index (χ0v) is 13.0. The summed E-state index contributed by atoms with van der Waals surface area (Å²) in [6.45, 7) is 2.69. The number of aromatic nitrogens is 2. The van der Waals surface area contributed by atoms with Crippen LogP contribution in [0.5, 0.6) is 0 Å². The Morgan fingerprint density at radius 3 is 2.43 bits per heavy atom. The summed E-state index contributed by atoms with van der Waals surface area (Å²) in [5.41, 5.74) is 3.47. The second-order valence-electron chi connectivity index (χ2n) is 5.55. The molecule has 1 atom stereocenters. The number of aromatic amines is 1. The molecule has 0 spiro atoms. The van der Waals surface area contributed by atoms with E-state index in [0.717, 1.165) is 11.3 Å². The number of hydrogen-bond donors (Lipinski definition) is 2. The number of nitrogens with one attached hydrogen (secondary N) is 2. The minimum Gasteiger partial charge on any atom is -0.351 e. The van der Waals surface area contributed by atoms with Crippen molar-refractivity contribution in [2.45, 2.75) is 12.8 Å². The molecular formula is C19H19N3O. The van der Waals surface area contributed by atoms with Gasteiger partial charge in [-0.15, -0.1) is 0 Å². The van der Waals surface area contributed by atoms with Crippen molar-refractivity contribution in [2.24, 2.45) is 0 Å². The summed E-state index contributed by atoms with van der Waals surface area (Å²) < 4.78 is 0. The molecular weight excluding hydrogens is 286 g/mol. The van der Waals surface area contributed by atoms with Crippen LogP contribution in [0.2, 0.25) is 0 Å². The Labute approximate surface area is 135 Å². The number of hydrogen-bond acceptors (Lipinski definition) is 2. The lowest BCUT2D eigenvalue weighted by atomic mass is 10.0. The lowest BCUT2D eigenvalue weighted by Crippen LogP contribution is -2.27. The van der Waals surface area contributed by atoms with Crippen LogP contribution in [0.4, 0.5) is 0 Å². The van der Waals surface area contributed by atoms with E-state index in [9.17, 15) is 4.79 Å². The first-order valence-corrected chi connectivity index (χ1v) is 7.67. The third-order valence-corrected chi connectivity index (χ3v) is 3.88. The SMILES string of the molecule is CC(CNC(=O)c1cn[nH]c1-c1ccccc1)c1ccccc1. The van der Waals surface area contributed by atoms with Crippen LogP contribution < -0.4 is 5.32 Å². The normalized spacial score (nSPS) is 11.9. The zero-order chi connectivity index (χ0) is 16.1. The van der Waals surface area contributed by atoms with E-state index in [1.165, 1.54) is 5.56 Å². The Morgan fingerprint density at radius 2 is 1.74 bits per heavy atom. The van der Waals surface area contributed by atoms with E-state index >= 15 is 0 Å². The van der Waals surface area contributed by atoms with E-state index in [2.05, 4.69) is 34.6 Å². The largest absolute Gasteiger partial charge is 0.351 e. The van der Waals surface area contributed by atoms with E-state index in [4.69, 9.17) is 0 Å². The predicted octanol–water partition coefficient (Wildman–Crippen LogP) is 3.61. The molecule has 1 heterocycles. The van der Waals surface area contributed by atoms with Gasteiger partial charge in [0.05, 0.1) is 17.5 Å². The van der Waals surface area contributed by atoms with E-state index < -0.39 is 0 Å². The summed E-state index contributed by atoms with van der Waals surface area (Å²) >= 11 is 0. The van der Waals surface area contributed by atoms with Crippen LogP contribution in [0.25, 0.3) is 11.3 Å². The number of nitrogens with zero attached hydrogens (tertiary/aromatic N) is 1. The number of amides is 1. The number of H-pyrrole nitrogens is 1. The molecule has 0 fully saturated rings. The highest BCUT2D eigenvalue weighted by molar-refractivity contribution is 5.99. The fraction of sp³-hybridized carbons (Fsp3) is 0.158. The number of carbonyl (C=O) groups is 1. The topological polar surface area (TPSA) is 57.8 Å². The van der Waals surface area contributed by atoms with Gasteiger partial charge in [-0.2, -0.15) is 5.10 Å². The molecule has 4 nitrogen and oxygen atoms in total. The van der Waals surface area contributed by atoms with Gasteiger partial charge in [-0.05, 0) is 11.5 Å². The molecule has 1 aromatic heterocycles. The van der Waals surface area contributed by atoms with Crippen LogP contribution in [0.3, 0.4) is 0 Å². The van der Waals surface area contributed by atoms with Crippen molar-refractivity contribution in [3.63, 3.8) is 0 Å². The Bertz CT molecular complexity index is 766. The Kier molecular flexibility index (Phi) is 4.52. The first-order valence-electron chi connectivity index (χ1n) is 7.67. The smallest absolute Gasteiger partial charge is 0.255 e. The van der Waals surface area contributed by atoms with Crippen LogP contribution in [0.15, 0.2) is 66.9 Å². The first-order chi connectivity index (χ1) is 11.3. The molecule has 3 aromatic rings. The molecule has 0 saturated heterocycles. The molecule has 3 rings (SSSR count). The fourth-order valence-corrected chi connectivity index (χ4v) is 2.52. The highest BCUT2D eigenvalue weighted by Gasteiger charge is 2.16. The summed E-state index contributed by atoms with van der Waals surface area (Å²) in [6.07, 6.45) is 1.57. The van der Waals surface area contributed by atoms with Crippen molar-refractivity contribution in [1.29, 1.82) is 0 Å². The minimum atomic E-state index is -0.111. The van der Waals surface area contributed by atoms with Gasteiger partial charge < -0.3 is 5.32 Å². The average molecular weight is 305 g/mol. The molecule has 2 N–H and O–H groups in total. The van der Waals surface area contributed by atoms with Crippen molar-refractivity contribution < 1.29 is 4.79 Å². The summed E-state index contributed by atoms with van der Waals surface area (Å²) in [6, 6.07) is 19.9. The average Bonchev–Trinajstić information content (AvgIpc) is 3.11. The van der Waals surface area contributed by atoms with Gasteiger partial charge in [-0.1, -0.05) is 67.6 Å². The maximum absolute atomic E-state index is 12.5. The molecule has 0 aliphatic heterocycles. The number of rotatable bonds is 5. The van der Waals surface area contributed by atoms with Crippen LogP contribution >= 0.6 is 0 Å². The third kappa shape index (κ3) is 3.48. The van der Waals surface area contributed by atoms with Gasteiger partial charge in [0.25, 0.3) is 5.91 Å². The fourth-order valence-electron chi connectivity index (χ4n) is 2.52. The van der Waals surface area contributed by atoms with Crippen molar-refractivity contribution >= 4 is 5.91 Å². The van der Waals surface area contributed by atoms with Crippen molar-refractivity contribution in [3.05, 3.63) is 78.0 Å². The molecule has 0 radical (unpaired) electrons. The second kappa shape index (κ2) is 6.92. The van der Waals surface area contributed by atoms with Crippen molar-refractivity contribution in [1.82, 2.24) is 15.5 Å². The summed E-state index contributed by atoms with van der Waals surface area (Å²) in [7, 11) is 0. The van der Waals surface area contributed by atoms with Crippen molar-refractivity contribution in [2.75, 3.05) is 6.54 Å². The minimum absolute atomic E-state index is 0.111. The predicted molar refractivity (Wildman–Crippen MR) is 91.2 cm³/mol. The van der Waals surface area contributed by atoms with E-state index in [-0.39, 0.29) is 11.8 Å². The van der Waals surface area contributed by atoms with E-state index in [1.54, 1.807) is 6.20 Å². The Balaban J connectivity index is 1.69. The summed E-state index contributed by atoms with van der Waals surface area (Å²) in [4.78, 5) is 12.5. The summed E-state index contributed by atoms with van der Waals surface area (Å²) in [5, 5.41) is 9.93. The third-order valence-electron chi connectivity index (χ3n) is 3.88. The number of benzene rings is 2. The quantitative estimate of drug-likeness (QED) is 0.756. The van der Waals surface area contributed by atoms with Crippen LogP contribution in [-0.4, -0.2) is 22.6 Å². The molecule has 4 heteroatoms. The molecule has 1 unspecified atom stereocenters. The molecule has 2 aromatic carbocycles. The Morgan fingerprint density at radius 1 is 1.09 bits per heavy atom. The molecule has 116 valence electrons. The molecule has 0 saturated carbocycles. The van der Waals surface area contributed by atoms with Gasteiger partial charge >= 0.3 is 0 Å². The van der Waals surface area contributed by atoms with Crippen LogP contribution in [0.1, 0.15) is 28.8 Å². The van der Waals surface area contributed by atoms with Gasteiger partial charge in [0, 0.05) is 12.1 Å². The van der Waals surface area contributed by atoms with Gasteiger partial charge in [0.2, 0.25) is 0 Å². The van der Waals surface area contributed by atoms with E-state index in [1.807, 2.05) is 48.5 Å². The zero-order valence-electron chi connectivity index (χ0n) is 13.0. The lowest BCUT2D eigenvalue weighted by Gasteiger charge is -2.13. The molecule has 0 bridgehead atoms. The molecule has 0 aliphatic rings. The van der Waals surface area contributed by atoms with E-state index in [0.29, 0.717) is 12.1 Å². The van der Waals surface area contributed by atoms with Crippen LogP contribution in [-0.2, 0) is 0 Å². The monoisotopic (exact) mass is 305 g/mol. The molecule has 23 heavy (non-hydrogen) atoms. The Hall–Kier alpha value is -2.88. The van der Waals surface area contributed by atoms with Gasteiger partial charge in [-0.25, -0.2) is 0 Å². The van der Waals surface area contributed by atoms with Gasteiger partial charge in [0.15, 0.2) is 0 Å². The first kappa shape index (κ1) is 15.0. The van der Waals surface area contributed by atoms with Crippen LogP contribution in [0, 0.1) is 0 Å². The van der Waals surface area contributed by atoms with Crippen molar-refractivity contribution in [3.8, 4) is 11.3 Å². The second-order valence-corrected chi connectivity index (χ2v) is 5.55. The lowest BCUT2D eigenvalue weighted by molar-refractivity contribution is 0.0952. The molecule has 0 aliphatic carbocycles. The van der Waals surface area contributed by atoms with Gasteiger partial charge in [0.1, 0.15) is 0 Å². The highest BCUT2D eigenvalue weighted by atomic mass is 16.1. The standard InChI is InChI=1S/C19H19N3O/c1-14(15-8-4-2-5-9-15)12-20-19(23)17-13-21-22-18(17)16-10-6-3-7-11-16/h2-11,13-14H,12H2,1H3,(H,20,23)(H,21,22). The maximum Gasteiger partial charge on any atom is 0.255 e. The summed E-state index contributed by atoms with van der Waals surface area (Å²) in [5.74, 6) is 0.146. The maximum atomic E-state index is 12.5.